The van der Waals surface area contributed by atoms with E-state index in [1.54, 1.807) is 6.29 Å². The van der Waals surface area contributed by atoms with Crippen molar-refractivity contribution in [3.05, 3.63) is 0 Å². The van der Waals surface area contributed by atoms with Crippen molar-refractivity contribution in [3.8, 4) is 0 Å². The Hall–Kier alpha value is -1.19. The molecule has 1 rings (SSSR count). The van der Waals surface area contributed by atoms with Crippen molar-refractivity contribution in [1.82, 2.24) is 5.43 Å². The smallest absolute Gasteiger partial charge is 0.250 e. The number of carbonyl (C=O) groups excluding carboxylic acids is 2. The van der Waals surface area contributed by atoms with Crippen molar-refractivity contribution in [2.45, 2.75) is 12.8 Å². The van der Waals surface area contributed by atoms with E-state index in [1.165, 1.54) is 0 Å². The maximum Gasteiger partial charge on any atom is 0.250 e. The molecule has 1 N–H and O–H groups in total. The lowest BCUT2D eigenvalue weighted by atomic mass is 10.2. The van der Waals surface area contributed by atoms with E-state index in [9.17, 15) is 9.59 Å². The maximum atomic E-state index is 10.4. The van der Waals surface area contributed by atoms with Crippen molar-refractivity contribution >= 4 is 17.9 Å². The van der Waals surface area contributed by atoms with Gasteiger partial charge in [0, 0.05) is 12.8 Å². The van der Waals surface area contributed by atoms with Gasteiger partial charge in [-0.25, -0.2) is 5.43 Å². The zero-order chi connectivity index (χ0) is 6.69. The molecule has 1 heterocycles. The molecule has 4 heteroatoms. The molecule has 1 aliphatic heterocycles. The minimum Gasteiger partial charge on any atom is -0.283 e. The van der Waals surface area contributed by atoms with E-state index in [2.05, 4.69) is 10.5 Å². The molecule has 0 aromatic heterocycles. The lowest BCUT2D eigenvalue weighted by Crippen LogP contribution is -2.25. The molecule has 0 saturated carbocycles. The standard InChI is InChI=1S/C5H5N2O2/c8-3-4-1-2-5(9)7-6-4/h1-2H2,(H,7,9). The Balaban J connectivity index is 2.59. The van der Waals surface area contributed by atoms with Gasteiger partial charge in [0.05, 0.1) is 0 Å². The Labute approximate surface area is 51.9 Å². The van der Waals surface area contributed by atoms with Gasteiger partial charge in [-0.3, -0.25) is 9.59 Å². The van der Waals surface area contributed by atoms with E-state index in [4.69, 9.17) is 0 Å². The minimum atomic E-state index is -0.144. The van der Waals surface area contributed by atoms with Crippen LogP contribution in [0, 0.1) is 0 Å². The second-order valence-corrected chi connectivity index (χ2v) is 1.70. The Morgan fingerprint density at radius 2 is 2.33 bits per heavy atom. The average molecular weight is 125 g/mol. The number of hydrogen-bond acceptors (Lipinski definition) is 3. The van der Waals surface area contributed by atoms with Crippen LogP contribution in [-0.2, 0) is 9.59 Å². The topological polar surface area (TPSA) is 58.5 Å². The van der Waals surface area contributed by atoms with Gasteiger partial charge in [0.25, 0.3) is 6.29 Å². The van der Waals surface area contributed by atoms with Crippen LogP contribution in [0.4, 0.5) is 0 Å². The molecule has 9 heavy (non-hydrogen) atoms. The largest absolute Gasteiger partial charge is 0.283 e. The van der Waals surface area contributed by atoms with Gasteiger partial charge in [0.15, 0.2) is 0 Å². The molecule has 0 bridgehead atoms. The Bertz CT molecular complexity index is 174. The number of nitrogens with zero attached hydrogens (tertiary/aromatic N) is 1. The minimum absolute atomic E-state index is 0.144. The van der Waals surface area contributed by atoms with E-state index in [0.717, 1.165) is 0 Å². The molecule has 0 fully saturated rings. The SMILES string of the molecule is O=[C]C1=NNC(=O)CC1. The van der Waals surface area contributed by atoms with Gasteiger partial charge in [-0.2, -0.15) is 5.10 Å². The highest BCUT2D eigenvalue weighted by atomic mass is 16.2. The predicted octanol–water partition coefficient (Wildman–Crippen LogP) is -0.638. The van der Waals surface area contributed by atoms with Crippen LogP contribution in [0.5, 0.6) is 0 Å². The van der Waals surface area contributed by atoms with Gasteiger partial charge in [-0.05, 0) is 0 Å². The lowest BCUT2D eigenvalue weighted by molar-refractivity contribution is -0.121. The third-order valence-electron chi connectivity index (χ3n) is 1.02. The maximum absolute atomic E-state index is 10.4. The molecule has 1 radical (unpaired) electrons. The second kappa shape index (κ2) is 2.39. The molecule has 0 saturated heterocycles. The van der Waals surface area contributed by atoms with Crippen LogP contribution < -0.4 is 5.43 Å². The van der Waals surface area contributed by atoms with Gasteiger partial charge < -0.3 is 0 Å². The summed E-state index contributed by atoms with van der Waals surface area (Å²) in [7, 11) is 0. The van der Waals surface area contributed by atoms with Crippen molar-refractivity contribution in [3.63, 3.8) is 0 Å². The van der Waals surface area contributed by atoms with Gasteiger partial charge in [-0.15, -0.1) is 0 Å². The summed E-state index contributed by atoms with van der Waals surface area (Å²) >= 11 is 0. The summed E-state index contributed by atoms with van der Waals surface area (Å²) in [6.45, 7) is 0. The highest BCUT2D eigenvalue weighted by Crippen LogP contribution is 1.95. The first-order valence-corrected chi connectivity index (χ1v) is 2.56. The van der Waals surface area contributed by atoms with Crippen molar-refractivity contribution in [1.29, 1.82) is 0 Å². The predicted molar refractivity (Wildman–Crippen MR) is 30.5 cm³/mol. The van der Waals surface area contributed by atoms with Crippen LogP contribution in [0.3, 0.4) is 0 Å². The second-order valence-electron chi connectivity index (χ2n) is 1.70. The summed E-state index contributed by atoms with van der Waals surface area (Å²) < 4.78 is 0. The van der Waals surface area contributed by atoms with Crippen molar-refractivity contribution in [2.75, 3.05) is 0 Å². The lowest BCUT2D eigenvalue weighted by Gasteiger charge is -2.04. The molecular weight excluding hydrogens is 120 g/mol. The molecule has 0 aromatic carbocycles. The third kappa shape index (κ3) is 1.35. The van der Waals surface area contributed by atoms with Crippen molar-refractivity contribution < 1.29 is 9.59 Å². The molecule has 1 amide bonds. The summed E-state index contributed by atoms with van der Waals surface area (Å²) in [6.07, 6.45) is 2.36. The molecule has 0 unspecified atom stereocenters. The quantitative estimate of drug-likeness (QED) is 0.506. The molecule has 0 atom stereocenters. The van der Waals surface area contributed by atoms with Crippen LogP contribution in [0.15, 0.2) is 5.10 Å². The molecule has 0 spiro atoms. The van der Waals surface area contributed by atoms with Crippen LogP contribution in [0.2, 0.25) is 0 Å². The van der Waals surface area contributed by atoms with Gasteiger partial charge in [-0.1, -0.05) is 0 Å². The molecule has 47 valence electrons. The van der Waals surface area contributed by atoms with Gasteiger partial charge >= 0.3 is 0 Å². The molecule has 0 aromatic rings. The summed E-state index contributed by atoms with van der Waals surface area (Å²) in [4.78, 5) is 20.2. The Kier molecular flexibility index (Phi) is 1.58. The summed E-state index contributed by atoms with van der Waals surface area (Å²) in [5.74, 6) is -0.144. The monoisotopic (exact) mass is 125 g/mol. The van der Waals surface area contributed by atoms with E-state index >= 15 is 0 Å². The fourth-order valence-electron chi connectivity index (χ4n) is 0.547. The number of nitrogens with one attached hydrogen (secondary N) is 1. The number of carbonyl (C=O) groups is 1. The van der Waals surface area contributed by atoms with Gasteiger partial charge in [0.1, 0.15) is 5.71 Å². The highest BCUT2D eigenvalue weighted by Gasteiger charge is 2.09. The first-order valence-electron chi connectivity index (χ1n) is 2.56. The number of amides is 1. The van der Waals surface area contributed by atoms with Crippen LogP contribution in [0.25, 0.3) is 0 Å². The highest BCUT2D eigenvalue weighted by molar-refractivity contribution is 6.29. The van der Waals surface area contributed by atoms with E-state index < -0.39 is 0 Å². The molecular formula is C5H5N2O2. The first-order chi connectivity index (χ1) is 4.33. The fourth-order valence-corrected chi connectivity index (χ4v) is 0.547. The summed E-state index contributed by atoms with van der Waals surface area (Å²) in [6, 6.07) is 0. The number of rotatable bonds is 1. The Morgan fingerprint density at radius 1 is 1.56 bits per heavy atom. The van der Waals surface area contributed by atoms with Crippen LogP contribution in [-0.4, -0.2) is 17.9 Å². The van der Waals surface area contributed by atoms with Gasteiger partial charge in [0.2, 0.25) is 5.91 Å². The Morgan fingerprint density at radius 3 is 2.78 bits per heavy atom. The zero-order valence-electron chi connectivity index (χ0n) is 4.68. The van der Waals surface area contributed by atoms with Crippen LogP contribution >= 0.6 is 0 Å². The fraction of sp³-hybridized carbons (Fsp3) is 0.400. The van der Waals surface area contributed by atoms with Crippen LogP contribution in [0.1, 0.15) is 12.8 Å². The summed E-state index contributed by atoms with van der Waals surface area (Å²) in [5, 5.41) is 3.42. The number of hydrogen-bond donors (Lipinski definition) is 1. The molecule has 1 aliphatic rings. The normalized spacial score (nSPS) is 18.2. The number of hydrazone groups is 1. The third-order valence-corrected chi connectivity index (χ3v) is 1.02. The molecule has 4 nitrogen and oxygen atoms in total. The average Bonchev–Trinajstić information content (AvgIpc) is 1.90. The van der Waals surface area contributed by atoms with E-state index in [-0.39, 0.29) is 11.6 Å². The van der Waals surface area contributed by atoms with E-state index in [0.29, 0.717) is 12.8 Å². The zero-order valence-corrected chi connectivity index (χ0v) is 4.68. The summed E-state index contributed by atoms with van der Waals surface area (Å²) in [5.41, 5.74) is 2.46. The molecule has 0 aliphatic carbocycles. The first kappa shape index (κ1) is 5.94. The van der Waals surface area contributed by atoms with E-state index in [1.807, 2.05) is 0 Å². The van der Waals surface area contributed by atoms with Crippen molar-refractivity contribution in [2.24, 2.45) is 5.10 Å².